The van der Waals surface area contributed by atoms with Crippen LogP contribution >= 0.6 is 11.8 Å². The third kappa shape index (κ3) is 7.55. The molecule has 0 N–H and O–H groups in total. The fourth-order valence-corrected chi connectivity index (χ4v) is 3.30. The highest BCUT2D eigenvalue weighted by Gasteiger charge is 1.94. The SMILES string of the molecule is CCCCCCSc1ccc(C#CC#Cc2ccc(CC)cc2)cc1. The van der Waals surface area contributed by atoms with Crippen LogP contribution in [0.25, 0.3) is 0 Å². The molecule has 0 heterocycles. The standard InChI is InChI=1S/C24H26S/c1-3-5-6-9-20-25-24-18-16-23(17-19-24)11-8-7-10-22-14-12-21(4-2)13-15-22/h12-19H,3-6,9,20H2,1-2H3. The molecule has 0 amide bonds. The Hall–Kier alpha value is -2.09. The summed E-state index contributed by atoms with van der Waals surface area (Å²) in [5, 5.41) is 0. The van der Waals surface area contributed by atoms with Crippen LogP contribution in [-0.2, 0) is 6.42 Å². The van der Waals surface area contributed by atoms with Gasteiger partial charge in [0.2, 0.25) is 0 Å². The molecule has 25 heavy (non-hydrogen) atoms. The Kier molecular flexibility index (Phi) is 8.82. The molecule has 0 aliphatic carbocycles. The summed E-state index contributed by atoms with van der Waals surface area (Å²) in [6, 6.07) is 16.8. The van der Waals surface area contributed by atoms with Crippen LogP contribution in [0.3, 0.4) is 0 Å². The minimum Gasteiger partial charge on any atom is -0.126 e. The van der Waals surface area contributed by atoms with E-state index in [0.717, 1.165) is 17.5 Å². The van der Waals surface area contributed by atoms with Gasteiger partial charge in [-0.1, -0.05) is 57.1 Å². The van der Waals surface area contributed by atoms with Crippen molar-refractivity contribution in [1.29, 1.82) is 0 Å². The van der Waals surface area contributed by atoms with Gasteiger partial charge >= 0.3 is 0 Å². The van der Waals surface area contributed by atoms with E-state index in [4.69, 9.17) is 0 Å². The molecule has 2 aromatic rings. The lowest BCUT2D eigenvalue weighted by molar-refractivity contribution is 0.706. The average molecular weight is 347 g/mol. The van der Waals surface area contributed by atoms with Crippen LogP contribution in [0.15, 0.2) is 53.4 Å². The lowest BCUT2D eigenvalue weighted by Gasteiger charge is -2.01. The van der Waals surface area contributed by atoms with Crippen LogP contribution in [0.1, 0.15) is 56.2 Å². The van der Waals surface area contributed by atoms with Crippen molar-refractivity contribution >= 4 is 11.8 Å². The average Bonchev–Trinajstić information content (AvgIpc) is 2.66. The van der Waals surface area contributed by atoms with Gasteiger partial charge < -0.3 is 0 Å². The Morgan fingerprint density at radius 3 is 1.88 bits per heavy atom. The van der Waals surface area contributed by atoms with Gasteiger partial charge in [0.15, 0.2) is 0 Å². The number of aryl methyl sites for hydroxylation is 1. The maximum atomic E-state index is 3.12. The molecule has 128 valence electrons. The second-order valence-electron chi connectivity index (χ2n) is 5.98. The smallest absolute Gasteiger partial charge is 0.0256 e. The predicted molar refractivity (Wildman–Crippen MR) is 111 cm³/mol. The molecule has 0 atom stereocenters. The highest BCUT2D eigenvalue weighted by atomic mass is 32.2. The number of unbranched alkanes of at least 4 members (excludes halogenated alkanes) is 3. The maximum absolute atomic E-state index is 3.12. The summed E-state index contributed by atoms with van der Waals surface area (Å²) in [7, 11) is 0. The van der Waals surface area contributed by atoms with Gasteiger partial charge in [0.05, 0.1) is 0 Å². The summed E-state index contributed by atoms with van der Waals surface area (Å²) in [6.45, 7) is 4.40. The van der Waals surface area contributed by atoms with E-state index in [0.29, 0.717) is 0 Å². The molecule has 0 saturated carbocycles. The van der Waals surface area contributed by atoms with Gasteiger partial charge in [-0.15, -0.1) is 11.8 Å². The summed E-state index contributed by atoms with van der Waals surface area (Å²) in [5.41, 5.74) is 3.37. The second-order valence-corrected chi connectivity index (χ2v) is 7.15. The van der Waals surface area contributed by atoms with Crippen LogP contribution < -0.4 is 0 Å². The highest BCUT2D eigenvalue weighted by Crippen LogP contribution is 2.20. The Morgan fingerprint density at radius 2 is 1.32 bits per heavy atom. The van der Waals surface area contributed by atoms with E-state index in [1.54, 1.807) is 0 Å². The summed E-state index contributed by atoms with van der Waals surface area (Å²) >= 11 is 1.93. The molecule has 2 aromatic carbocycles. The van der Waals surface area contributed by atoms with Crippen molar-refractivity contribution in [2.75, 3.05) is 5.75 Å². The van der Waals surface area contributed by atoms with Crippen molar-refractivity contribution in [1.82, 2.24) is 0 Å². The Labute approximate surface area is 157 Å². The maximum Gasteiger partial charge on any atom is 0.0256 e. The van der Waals surface area contributed by atoms with Crippen LogP contribution in [0.2, 0.25) is 0 Å². The first-order valence-electron chi connectivity index (χ1n) is 9.15. The van der Waals surface area contributed by atoms with Crippen LogP contribution in [-0.4, -0.2) is 5.75 Å². The quantitative estimate of drug-likeness (QED) is 0.321. The van der Waals surface area contributed by atoms with Crippen LogP contribution in [0.5, 0.6) is 0 Å². The monoisotopic (exact) mass is 346 g/mol. The van der Waals surface area contributed by atoms with Gasteiger partial charge in [0.25, 0.3) is 0 Å². The third-order valence-electron chi connectivity index (χ3n) is 3.96. The molecule has 0 nitrogen and oxygen atoms in total. The zero-order valence-corrected chi connectivity index (χ0v) is 16.1. The van der Waals surface area contributed by atoms with Gasteiger partial charge in [-0.05, 0) is 72.4 Å². The summed E-state index contributed by atoms with van der Waals surface area (Å²) in [4.78, 5) is 1.32. The molecule has 2 rings (SSSR count). The van der Waals surface area contributed by atoms with E-state index in [1.165, 1.54) is 41.9 Å². The largest absolute Gasteiger partial charge is 0.126 e. The van der Waals surface area contributed by atoms with Crippen molar-refractivity contribution in [2.45, 2.75) is 50.8 Å². The summed E-state index contributed by atoms with van der Waals surface area (Å²) in [5.74, 6) is 13.3. The molecule has 0 aromatic heterocycles. The summed E-state index contributed by atoms with van der Waals surface area (Å²) in [6.07, 6.45) is 6.34. The number of hydrogen-bond acceptors (Lipinski definition) is 1. The molecular formula is C24H26S. The highest BCUT2D eigenvalue weighted by molar-refractivity contribution is 7.99. The fraction of sp³-hybridized carbons (Fsp3) is 0.333. The van der Waals surface area contributed by atoms with Crippen LogP contribution in [0, 0.1) is 23.7 Å². The van der Waals surface area contributed by atoms with Crippen molar-refractivity contribution in [3.63, 3.8) is 0 Å². The molecule has 0 aliphatic heterocycles. The summed E-state index contributed by atoms with van der Waals surface area (Å²) < 4.78 is 0. The molecule has 0 aliphatic rings. The van der Waals surface area contributed by atoms with E-state index in [-0.39, 0.29) is 0 Å². The Bertz CT molecular complexity index is 746. The number of rotatable bonds is 7. The first kappa shape index (κ1) is 19.2. The minimum absolute atomic E-state index is 1.02. The lowest BCUT2D eigenvalue weighted by atomic mass is 10.1. The van der Waals surface area contributed by atoms with E-state index < -0.39 is 0 Å². The zero-order chi connectivity index (χ0) is 17.7. The number of benzene rings is 2. The second kappa shape index (κ2) is 11.5. The zero-order valence-electron chi connectivity index (χ0n) is 15.3. The lowest BCUT2D eigenvalue weighted by Crippen LogP contribution is -1.82. The van der Waals surface area contributed by atoms with E-state index in [9.17, 15) is 0 Å². The number of thioether (sulfide) groups is 1. The molecule has 0 saturated heterocycles. The van der Waals surface area contributed by atoms with Crippen LogP contribution in [0.4, 0.5) is 0 Å². The first-order chi connectivity index (χ1) is 12.3. The van der Waals surface area contributed by atoms with Gasteiger partial charge in [-0.3, -0.25) is 0 Å². The molecule has 1 heteroatoms. The van der Waals surface area contributed by atoms with Crippen molar-refractivity contribution in [2.24, 2.45) is 0 Å². The van der Waals surface area contributed by atoms with Gasteiger partial charge in [0.1, 0.15) is 0 Å². The van der Waals surface area contributed by atoms with Crippen molar-refractivity contribution < 1.29 is 0 Å². The molecular weight excluding hydrogens is 320 g/mol. The van der Waals surface area contributed by atoms with Gasteiger partial charge in [-0.25, -0.2) is 0 Å². The Morgan fingerprint density at radius 1 is 0.720 bits per heavy atom. The van der Waals surface area contributed by atoms with Gasteiger partial charge in [-0.2, -0.15) is 0 Å². The first-order valence-corrected chi connectivity index (χ1v) is 10.1. The molecule has 0 radical (unpaired) electrons. The molecule has 0 spiro atoms. The van der Waals surface area contributed by atoms with Crippen molar-refractivity contribution in [3.05, 3.63) is 65.2 Å². The molecule has 0 unspecified atom stereocenters. The normalized spacial score (nSPS) is 9.68. The molecule has 0 bridgehead atoms. The van der Waals surface area contributed by atoms with E-state index in [2.05, 4.69) is 86.1 Å². The van der Waals surface area contributed by atoms with Crippen molar-refractivity contribution in [3.8, 4) is 23.7 Å². The topological polar surface area (TPSA) is 0 Å². The third-order valence-corrected chi connectivity index (χ3v) is 5.06. The number of hydrogen-bond donors (Lipinski definition) is 0. The minimum atomic E-state index is 1.02. The fourth-order valence-electron chi connectivity index (χ4n) is 2.38. The van der Waals surface area contributed by atoms with Gasteiger partial charge in [0, 0.05) is 16.0 Å². The van der Waals surface area contributed by atoms with E-state index >= 15 is 0 Å². The molecule has 0 fully saturated rings. The predicted octanol–water partition coefficient (Wildman–Crippen LogP) is 6.32. The Balaban J connectivity index is 1.83. The van der Waals surface area contributed by atoms with E-state index in [1.807, 2.05) is 11.8 Å².